The summed E-state index contributed by atoms with van der Waals surface area (Å²) < 4.78 is 0. The minimum Gasteiger partial charge on any atom is -0.364 e. The van der Waals surface area contributed by atoms with Gasteiger partial charge < -0.3 is 16.4 Å². The molecule has 0 radical (unpaired) electrons. The summed E-state index contributed by atoms with van der Waals surface area (Å²) in [6, 6.07) is 14.2. The Hall–Kier alpha value is -3.52. The lowest BCUT2D eigenvalue weighted by molar-refractivity contribution is 0.815. The molecule has 0 aliphatic heterocycles. The third kappa shape index (κ3) is 4.23. The summed E-state index contributed by atoms with van der Waals surface area (Å²) >= 11 is 0. The van der Waals surface area contributed by atoms with E-state index in [-0.39, 0.29) is 5.92 Å². The maximum atomic E-state index is 5.62. The van der Waals surface area contributed by atoms with Crippen molar-refractivity contribution in [2.24, 2.45) is 5.73 Å². The second-order valence-electron chi connectivity index (χ2n) is 7.37. The second kappa shape index (κ2) is 8.87. The average Bonchev–Trinajstić information content (AvgIpc) is 3.21. The molecule has 0 bridgehead atoms. The molecule has 0 saturated heterocycles. The van der Waals surface area contributed by atoms with Crippen molar-refractivity contribution >= 4 is 22.8 Å². The summed E-state index contributed by atoms with van der Waals surface area (Å²) in [5.74, 6) is 1.51. The van der Waals surface area contributed by atoms with E-state index >= 15 is 0 Å². The first-order valence-electron chi connectivity index (χ1n) is 10.1. The molecular formula is C22H26N8. The number of anilines is 2. The molecule has 4 rings (SSSR count). The van der Waals surface area contributed by atoms with Crippen molar-refractivity contribution in [3.8, 4) is 11.3 Å². The molecule has 0 spiro atoms. The van der Waals surface area contributed by atoms with Crippen molar-refractivity contribution in [3.63, 3.8) is 0 Å². The zero-order chi connectivity index (χ0) is 20.9. The number of aromatic nitrogens is 5. The van der Waals surface area contributed by atoms with E-state index in [4.69, 9.17) is 5.73 Å². The molecule has 4 aromatic rings. The van der Waals surface area contributed by atoms with Crippen LogP contribution in [0.25, 0.3) is 22.3 Å². The molecule has 0 aliphatic rings. The fraction of sp³-hybridized carbons (Fsp3) is 0.273. The lowest BCUT2D eigenvalue weighted by Gasteiger charge is -2.10. The third-order valence-corrected chi connectivity index (χ3v) is 4.81. The summed E-state index contributed by atoms with van der Waals surface area (Å²) in [5, 5.41) is 14.1. The molecule has 8 heteroatoms. The van der Waals surface area contributed by atoms with E-state index in [0.29, 0.717) is 31.4 Å². The molecule has 5 N–H and O–H groups in total. The monoisotopic (exact) mass is 402 g/mol. The number of nitrogens with one attached hydrogen (secondary N) is 3. The smallest absolute Gasteiger partial charge is 0.225 e. The van der Waals surface area contributed by atoms with Gasteiger partial charge in [-0.05, 0) is 23.6 Å². The first kappa shape index (κ1) is 19.8. The molecule has 30 heavy (non-hydrogen) atoms. The molecule has 0 aliphatic carbocycles. The molecule has 0 amide bonds. The van der Waals surface area contributed by atoms with Crippen LogP contribution in [0.15, 0.2) is 48.7 Å². The number of aromatic amines is 1. The van der Waals surface area contributed by atoms with Gasteiger partial charge in [0.15, 0.2) is 11.3 Å². The number of rotatable bonds is 8. The van der Waals surface area contributed by atoms with Gasteiger partial charge in [-0.2, -0.15) is 10.1 Å². The van der Waals surface area contributed by atoms with E-state index in [2.05, 4.69) is 73.9 Å². The summed E-state index contributed by atoms with van der Waals surface area (Å²) in [4.78, 5) is 13.6. The number of nitrogens with zero attached hydrogens (tertiary/aromatic N) is 4. The van der Waals surface area contributed by atoms with Crippen molar-refractivity contribution in [3.05, 3.63) is 59.9 Å². The third-order valence-electron chi connectivity index (χ3n) is 4.81. The number of hydrogen-bond donors (Lipinski definition) is 4. The van der Waals surface area contributed by atoms with Crippen molar-refractivity contribution in [1.29, 1.82) is 0 Å². The maximum Gasteiger partial charge on any atom is 0.225 e. The molecule has 3 heterocycles. The van der Waals surface area contributed by atoms with Crippen molar-refractivity contribution < 1.29 is 0 Å². The number of benzene rings is 1. The molecular weight excluding hydrogens is 376 g/mol. The highest BCUT2D eigenvalue weighted by atomic mass is 15.2. The van der Waals surface area contributed by atoms with Gasteiger partial charge in [0.25, 0.3) is 0 Å². The largest absolute Gasteiger partial charge is 0.364 e. The van der Waals surface area contributed by atoms with Gasteiger partial charge in [0.1, 0.15) is 5.52 Å². The van der Waals surface area contributed by atoms with Gasteiger partial charge in [0, 0.05) is 31.4 Å². The highest BCUT2D eigenvalue weighted by molar-refractivity contribution is 5.88. The summed E-state index contributed by atoms with van der Waals surface area (Å²) in [7, 11) is 0. The van der Waals surface area contributed by atoms with Crippen LogP contribution in [0.3, 0.4) is 0 Å². The number of H-pyrrole nitrogens is 1. The van der Waals surface area contributed by atoms with E-state index in [1.54, 1.807) is 6.20 Å². The first-order chi connectivity index (χ1) is 14.7. The van der Waals surface area contributed by atoms with Crippen LogP contribution in [-0.4, -0.2) is 38.2 Å². The lowest BCUT2D eigenvalue weighted by atomic mass is 10.1. The fourth-order valence-corrected chi connectivity index (χ4v) is 3.22. The Balaban J connectivity index is 1.57. The zero-order valence-electron chi connectivity index (χ0n) is 17.2. The summed E-state index contributed by atoms with van der Waals surface area (Å²) in [5.41, 5.74) is 11.4. The summed E-state index contributed by atoms with van der Waals surface area (Å²) in [6.07, 6.45) is 1.80. The molecule has 0 fully saturated rings. The second-order valence-corrected chi connectivity index (χ2v) is 7.37. The molecule has 0 unspecified atom stereocenters. The Morgan fingerprint density at radius 1 is 1.00 bits per heavy atom. The van der Waals surface area contributed by atoms with Gasteiger partial charge in [-0.3, -0.25) is 10.1 Å². The van der Waals surface area contributed by atoms with Crippen LogP contribution in [-0.2, 0) is 6.54 Å². The van der Waals surface area contributed by atoms with Crippen molar-refractivity contribution in [2.45, 2.75) is 26.3 Å². The summed E-state index contributed by atoms with van der Waals surface area (Å²) in [6.45, 7) is 5.95. The van der Waals surface area contributed by atoms with E-state index in [9.17, 15) is 0 Å². The van der Waals surface area contributed by atoms with Crippen LogP contribution in [0, 0.1) is 0 Å². The Bertz CT molecular complexity index is 1100. The van der Waals surface area contributed by atoms with Gasteiger partial charge in [0.05, 0.1) is 11.4 Å². The predicted octanol–water partition coefficient (Wildman–Crippen LogP) is 3.52. The molecule has 154 valence electrons. The van der Waals surface area contributed by atoms with Gasteiger partial charge in [0.2, 0.25) is 5.95 Å². The molecule has 8 nitrogen and oxygen atoms in total. The Morgan fingerprint density at radius 3 is 2.53 bits per heavy atom. The minimum atomic E-state index is 0.277. The van der Waals surface area contributed by atoms with Crippen molar-refractivity contribution in [1.82, 2.24) is 25.1 Å². The number of hydrogen-bond acceptors (Lipinski definition) is 7. The minimum absolute atomic E-state index is 0.277. The molecule has 0 saturated carbocycles. The average molecular weight is 403 g/mol. The number of fused-ring (bicyclic) bond motifs is 1. The van der Waals surface area contributed by atoms with E-state index in [1.807, 2.05) is 18.2 Å². The Labute approximate surface area is 175 Å². The van der Waals surface area contributed by atoms with Crippen LogP contribution >= 0.6 is 0 Å². The number of pyridine rings is 1. The van der Waals surface area contributed by atoms with Crippen molar-refractivity contribution in [2.75, 3.05) is 23.7 Å². The van der Waals surface area contributed by atoms with E-state index in [0.717, 1.165) is 33.5 Å². The number of nitrogens with two attached hydrogens (primary N) is 1. The van der Waals surface area contributed by atoms with Crippen LogP contribution in [0.2, 0.25) is 0 Å². The molecule has 0 atom stereocenters. The highest BCUT2D eigenvalue weighted by Crippen LogP contribution is 2.27. The highest BCUT2D eigenvalue weighted by Gasteiger charge is 2.16. The quantitative estimate of drug-likeness (QED) is 0.356. The van der Waals surface area contributed by atoms with Crippen LogP contribution in [0.4, 0.5) is 11.8 Å². The molecule has 1 aromatic carbocycles. The zero-order valence-corrected chi connectivity index (χ0v) is 17.2. The van der Waals surface area contributed by atoms with Gasteiger partial charge >= 0.3 is 0 Å². The van der Waals surface area contributed by atoms with Gasteiger partial charge in [-0.1, -0.05) is 44.2 Å². The first-order valence-corrected chi connectivity index (χ1v) is 10.1. The Morgan fingerprint density at radius 2 is 1.83 bits per heavy atom. The topological polar surface area (TPSA) is 117 Å². The lowest BCUT2D eigenvalue weighted by Crippen LogP contribution is -2.15. The van der Waals surface area contributed by atoms with Crippen LogP contribution in [0.5, 0.6) is 0 Å². The molecule has 3 aromatic heterocycles. The van der Waals surface area contributed by atoms with E-state index < -0.39 is 0 Å². The Kier molecular flexibility index (Phi) is 5.85. The van der Waals surface area contributed by atoms with Gasteiger partial charge in [-0.15, -0.1) is 0 Å². The van der Waals surface area contributed by atoms with Crippen LogP contribution < -0.4 is 16.4 Å². The maximum absolute atomic E-state index is 5.62. The predicted molar refractivity (Wildman–Crippen MR) is 120 cm³/mol. The van der Waals surface area contributed by atoms with E-state index in [1.165, 1.54) is 0 Å². The van der Waals surface area contributed by atoms with Gasteiger partial charge in [-0.25, -0.2) is 4.98 Å². The SMILES string of the molecule is CC(C)c1[nH]nc2c(NCc3ccc(-c4ccccn4)cc3)nc(NCCN)nc12. The van der Waals surface area contributed by atoms with Crippen LogP contribution in [0.1, 0.15) is 31.0 Å². The normalized spacial score (nSPS) is 11.2. The fourth-order valence-electron chi connectivity index (χ4n) is 3.22. The standard InChI is InChI=1S/C22H26N8/c1-14(2)18-19-20(30-29-18)21(28-22(27-19)25-12-10-23)26-13-15-6-8-16(9-7-15)17-5-3-4-11-24-17/h3-9,11,14H,10,12-13,23H2,1-2H3,(H,29,30)(H2,25,26,27,28).